The average molecular weight is 236 g/mol. The van der Waals surface area contributed by atoms with Gasteiger partial charge in [0.2, 0.25) is 11.8 Å². The Labute approximate surface area is 99.4 Å². The molecule has 0 aliphatic carbocycles. The Morgan fingerprint density at radius 2 is 2.24 bits per heavy atom. The lowest BCUT2D eigenvalue weighted by Crippen LogP contribution is -2.43. The van der Waals surface area contributed by atoms with Gasteiger partial charge in [-0.1, -0.05) is 6.07 Å². The van der Waals surface area contributed by atoms with Crippen molar-refractivity contribution in [1.82, 2.24) is 10.3 Å². The highest BCUT2D eigenvalue weighted by atomic mass is 16.2. The molecule has 6 nitrogen and oxygen atoms in total. The third kappa shape index (κ3) is 4.20. The van der Waals surface area contributed by atoms with Crippen LogP contribution in [0.1, 0.15) is 24.9 Å². The van der Waals surface area contributed by atoms with Gasteiger partial charge < -0.3 is 16.8 Å². The van der Waals surface area contributed by atoms with Crippen LogP contribution in [0.25, 0.3) is 0 Å². The SMILES string of the molecule is C[C@H](NC(=O)C(N)CC(N)=O)c1cccnc1. The molecule has 17 heavy (non-hydrogen) atoms. The number of amides is 2. The van der Waals surface area contributed by atoms with E-state index in [1.165, 1.54) is 0 Å². The van der Waals surface area contributed by atoms with Crippen LogP contribution in [0, 0.1) is 0 Å². The van der Waals surface area contributed by atoms with Crippen LogP contribution in [0.15, 0.2) is 24.5 Å². The van der Waals surface area contributed by atoms with Gasteiger partial charge in [-0.05, 0) is 18.6 Å². The smallest absolute Gasteiger partial charge is 0.237 e. The maximum atomic E-state index is 11.6. The zero-order valence-corrected chi connectivity index (χ0v) is 9.59. The number of hydrogen-bond acceptors (Lipinski definition) is 4. The highest BCUT2D eigenvalue weighted by Gasteiger charge is 2.18. The van der Waals surface area contributed by atoms with E-state index in [4.69, 9.17) is 11.5 Å². The number of pyridine rings is 1. The summed E-state index contributed by atoms with van der Waals surface area (Å²) in [6, 6.07) is 2.50. The summed E-state index contributed by atoms with van der Waals surface area (Å²) in [5.74, 6) is -0.998. The summed E-state index contributed by atoms with van der Waals surface area (Å²) >= 11 is 0. The van der Waals surface area contributed by atoms with Crippen molar-refractivity contribution < 1.29 is 9.59 Å². The number of hydrogen-bond donors (Lipinski definition) is 3. The second-order valence-corrected chi connectivity index (χ2v) is 3.79. The van der Waals surface area contributed by atoms with E-state index in [0.717, 1.165) is 5.56 Å². The van der Waals surface area contributed by atoms with Crippen molar-refractivity contribution in [3.05, 3.63) is 30.1 Å². The molecule has 92 valence electrons. The molecule has 1 heterocycles. The standard InChI is InChI=1S/C11H16N4O2/c1-7(8-3-2-4-14-6-8)15-11(17)9(12)5-10(13)16/h2-4,6-7,9H,5,12H2,1H3,(H2,13,16)(H,15,17)/t7-,9?/m0/s1. The summed E-state index contributed by atoms with van der Waals surface area (Å²) in [6.45, 7) is 1.81. The minimum absolute atomic E-state index is 0.161. The van der Waals surface area contributed by atoms with E-state index in [9.17, 15) is 9.59 Å². The molecule has 0 aliphatic heterocycles. The molecule has 0 bridgehead atoms. The molecule has 0 aromatic carbocycles. The van der Waals surface area contributed by atoms with Gasteiger partial charge in [-0.15, -0.1) is 0 Å². The number of nitrogens with one attached hydrogen (secondary N) is 1. The largest absolute Gasteiger partial charge is 0.370 e. The van der Waals surface area contributed by atoms with Gasteiger partial charge in [-0.3, -0.25) is 14.6 Å². The minimum Gasteiger partial charge on any atom is -0.370 e. The van der Waals surface area contributed by atoms with Gasteiger partial charge in [0.1, 0.15) is 0 Å². The fourth-order valence-corrected chi connectivity index (χ4v) is 1.35. The topological polar surface area (TPSA) is 111 Å². The zero-order valence-electron chi connectivity index (χ0n) is 9.59. The number of nitrogens with zero attached hydrogens (tertiary/aromatic N) is 1. The van der Waals surface area contributed by atoms with Gasteiger partial charge in [0.05, 0.1) is 18.5 Å². The number of rotatable bonds is 5. The van der Waals surface area contributed by atoms with Crippen LogP contribution in [0.4, 0.5) is 0 Å². The fourth-order valence-electron chi connectivity index (χ4n) is 1.35. The lowest BCUT2D eigenvalue weighted by molar-refractivity contribution is -0.126. The van der Waals surface area contributed by atoms with Gasteiger partial charge in [-0.2, -0.15) is 0 Å². The van der Waals surface area contributed by atoms with Crippen molar-refractivity contribution in [2.45, 2.75) is 25.4 Å². The number of aromatic nitrogens is 1. The van der Waals surface area contributed by atoms with Crippen molar-refractivity contribution >= 4 is 11.8 Å². The Morgan fingerprint density at radius 1 is 1.53 bits per heavy atom. The molecular formula is C11H16N4O2. The normalized spacial score (nSPS) is 13.8. The van der Waals surface area contributed by atoms with Gasteiger partial charge in [-0.25, -0.2) is 0 Å². The molecule has 1 aromatic rings. The molecule has 1 unspecified atom stereocenters. The number of carbonyl (C=O) groups excluding carboxylic acids is 2. The second kappa shape index (κ2) is 5.95. The Morgan fingerprint density at radius 3 is 2.76 bits per heavy atom. The highest BCUT2D eigenvalue weighted by Crippen LogP contribution is 2.09. The number of nitrogens with two attached hydrogens (primary N) is 2. The zero-order chi connectivity index (χ0) is 12.8. The predicted octanol–water partition coefficient (Wildman–Crippen LogP) is -0.538. The van der Waals surface area contributed by atoms with Crippen LogP contribution in [0.3, 0.4) is 0 Å². The molecular weight excluding hydrogens is 220 g/mol. The maximum Gasteiger partial charge on any atom is 0.237 e. The monoisotopic (exact) mass is 236 g/mol. The first-order valence-electron chi connectivity index (χ1n) is 5.25. The van der Waals surface area contributed by atoms with Crippen molar-refractivity contribution in [3.8, 4) is 0 Å². The van der Waals surface area contributed by atoms with E-state index in [1.807, 2.05) is 13.0 Å². The van der Waals surface area contributed by atoms with E-state index < -0.39 is 17.9 Å². The summed E-state index contributed by atoms with van der Waals surface area (Å²) in [7, 11) is 0. The highest BCUT2D eigenvalue weighted by molar-refractivity contribution is 5.87. The van der Waals surface area contributed by atoms with Gasteiger partial charge >= 0.3 is 0 Å². The Hall–Kier alpha value is -1.95. The number of carbonyl (C=O) groups is 2. The molecule has 6 heteroatoms. The molecule has 1 aromatic heterocycles. The van der Waals surface area contributed by atoms with Crippen LogP contribution < -0.4 is 16.8 Å². The summed E-state index contributed by atoms with van der Waals surface area (Å²) in [6.07, 6.45) is 3.15. The van der Waals surface area contributed by atoms with Crippen molar-refractivity contribution in [1.29, 1.82) is 0 Å². The first-order chi connectivity index (χ1) is 8.00. The third-order valence-electron chi connectivity index (χ3n) is 2.30. The predicted molar refractivity (Wildman–Crippen MR) is 62.6 cm³/mol. The Kier molecular flexibility index (Phi) is 4.59. The molecule has 5 N–H and O–H groups in total. The maximum absolute atomic E-state index is 11.6. The van der Waals surface area contributed by atoms with E-state index in [2.05, 4.69) is 10.3 Å². The van der Waals surface area contributed by atoms with Crippen LogP contribution in [-0.4, -0.2) is 22.8 Å². The number of primary amides is 1. The third-order valence-corrected chi connectivity index (χ3v) is 2.30. The fraction of sp³-hybridized carbons (Fsp3) is 0.364. The van der Waals surface area contributed by atoms with E-state index in [0.29, 0.717) is 0 Å². The lowest BCUT2D eigenvalue weighted by Gasteiger charge is -2.16. The molecule has 0 saturated carbocycles. The molecule has 0 aliphatic rings. The van der Waals surface area contributed by atoms with Crippen molar-refractivity contribution in [3.63, 3.8) is 0 Å². The lowest BCUT2D eigenvalue weighted by atomic mass is 10.1. The quantitative estimate of drug-likeness (QED) is 0.637. The molecule has 0 spiro atoms. The van der Waals surface area contributed by atoms with Crippen LogP contribution >= 0.6 is 0 Å². The summed E-state index contributed by atoms with van der Waals surface area (Å²) in [5, 5.41) is 2.69. The molecule has 0 saturated heterocycles. The van der Waals surface area contributed by atoms with Gasteiger partial charge in [0, 0.05) is 12.4 Å². The van der Waals surface area contributed by atoms with Crippen LogP contribution in [0.2, 0.25) is 0 Å². The van der Waals surface area contributed by atoms with Crippen molar-refractivity contribution in [2.24, 2.45) is 11.5 Å². The first-order valence-corrected chi connectivity index (χ1v) is 5.25. The molecule has 2 amide bonds. The minimum atomic E-state index is -0.911. The van der Waals surface area contributed by atoms with E-state index >= 15 is 0 Å². The van der Waals surface area contributed by atoms with Crippen LogP contribution in [0.5, 0.6) is 0 Å². The summed E-state index contributed by atoms with van der Waals surface area (Å²) in [5.41, 5.74) is 11.3. The molecule has 0 radical (unpaired) electrons. The van der Waals surface area contributed by atoms with Crippen molar-refractivity contribution in [2.75, 3.05) is 0 Å². The first kappa shape index (κ1) is 13.1. The second-order valence-electron chi connectivity index (χ2n) is 3.79. The van der Waals surface area contributed by atoms with E-state index in [-0.39, 0.29) is 12.5 Å². The average Bonchev–Trinajstić information content (AvgIpc) is 2.29. The molecule has 0 fully saturated rings. The Balaban J connectivity index is 2.54. The van der Waals surface area contributed by atoms with E-state index in [1.54, 1.807) is 18.5 Å². The molecule has 2 atom stereocenters. The summed E-state index contributed by atoms with van der Waals surface area (Å²) in [4.78, 5) is 26.2. The van der Waals surface area contributed by atoms with Gasteiger partial charge in [0.25, 0.3) is 0 Å². The Bertz CT molecular complexity index is 394. The van der Waals surface area contributed by atoms with Crippen LogP contribution in [-0.2, 0) is 9.59 Å². The molecule has 1 rings (SSSR count). The summed E-state index contributed by atoms with van der Waals surface area (Å²) < 4.78 is 0. The van der Waals surface area contributed by atoms with Gasteiger partial charge in [0.15, 0.2) is 0 Å².